The molecule has 0 spiro atoms. The third kappa shape index (κ3) is 6.99. The lowest BCUT2D eigenvalue weighted by Gasteiger charge is -2.44. The zero-order valence-electron chi connectivity index (χ0n) is 16.5. The van der Waals surface area contributed by atoms with Gasteiger partial charge in [0.25, 0.3) is 3.79 Å². The first-order valence-corrected chi connectivity index (χ1v) is 10.1. The molecule has 2 rings (SSSR count). The summed E-state index contributed by atoms with van der Waals surface area (Å²) in [5.41, 5.74) is 0.817. The zero-order chi connectivity index (χ0) is 22.5. The molecule has 1 aromatic carbocycles. The van der Waals surface area contributed by atoms with E-state index >= 15 is 0 Å². The quantitative estimate of drug-likeness (QED) is 0.286. The highest BCUT2D eigenvalue weighted by Crippen LogP contribution is 2.33. The second-order valence-corrected chi connectivity index (χ2v) is 8.84. The zero-order valence-corrected chi connectivity index (χ0v) is 18.7. The SMILES string of the molecule is CC(=O)O[C@H]1[C@@H](OC(C)=O)[C@@H](C)O[C@@H](OC(=N)C(Cl)(Cl)Cl)[C@@H]1OCc1ccccc1. The van der Waals surface area contributed by atoms with E-state index in [9.17, 15) is 9.59 Å². The number of carbonyl (C=O) groups excluding carboxylic acids is 2. The van der Waals surface area contributed by atoms with E-state index < -0.39 is 52.3 Å². The molecule has 8 nitrogen and oxygen atoms in total. The molecule has 1 saturated heterocycles. The van der Waals surface area contributed by atoms with Gasteiger partial charge in [-0.15, -0.1) is 0 Å². The molecular formula is C19H22Cl3NO7. The van der Waals surface area contributed by atoms with Crippen LogP contribution in [0.15, 0.2) is 30.3 Å². The van der Waals surface area contributed by atoms with Gasteiger partial charge in [0.15, 0.2) is 18.3 Å². The molecule has 1 N–H and O–H groups in total. The molecule has 30 heavy (non-hydrogen) atoms. The molecule has 0 amide bonds. The van der Waals surface area contributed by atoms with Crippen LogP contribution in [0.5, 0.6) is 0 Å². The van der Waals surface area contributed by atoms with Crippen LogP contribution in [0.3, 0.4) is 0 Å². The van der Waals surface area contributed by atoms with Crippen molar-refractivity contribution in [3.63, 3.8) is 0 Å². The number of ether oxygens (including phenoxy) is 5. The molecule has 166 valence electrons. The van der Waals surface area contributed by atoms with Crippen LogP contribution in [0.1, 0.15) is 26.3 Å². The highest BCUT2D eigenvalue weighted by molar-refractivity contribution is 6.76. The first kappa shape index (κ1) is 24.7. The van der Waals surface area contributed by atoms with Crippen LogP contribution in [-0.4, -0.2) is 52.3 Å². The summed E-state index contributed by atoms with van der Waals surface area (Å²) in [6.45, 7) is 4.11. The smallest absolute Gasteiger partial charge is 0.303 e. The van der Waals surface area contributed by atoms with E-state index in [1.54, 1.807) is 6.92 Å². The van der Waals surface area contributed by atoms with Crippen molar-refractivity contribution in [2.24, 2.45) is 0 Å². The molecule has 1 aliphatic rings. The van der Waals surface area contributed by atoms with Crippen molar-refractivity contribution in [3.8, 4) is 0 Å². The van der Waals surface area contributed by atoms with Crippen molar-refractivity contribution >= 4 is 52.6 Å². The lowest BCUT2D eigenvalue weighted by atomic mass is 9.98. The van der Waals surface area contributed by atoms with Crippen molar-refractivity contribution in [1.82, 2.24) is 0 Å². The second-order valence-electron chi connectivity index (χ2n) is 6.56. The molecule has 1 fully saturated rings. The predicted molar refractivity (Wildman–Crippen MR) is 110 cm³/mol. The van der Waals surface area contributed by atoms with Crippen molar-refractivity contribution in [1.29, 1.82) is 5.41 Å². The summed E-state index contributed by atoms with van der Waals surface area (Å²) in [6, 6.07) is 9.17. The molecule has 0 radical (unpaired) electrons. The average Bonchev–Trinajstić information content (AvgIpc) is 2.63. The number of alkyl halides is 3. The van der Waals surface area contributed by atoms with Crippen molar-refractivity contribution in [2.75, 3.05) is 0 Å². The normalized spacial score (nSPS) is 26.5. The van der Waals surface area contributed by atoms with E-state index in [0.717, 1.165) is 5.56 Å². The van der Waals surface area contributed by atoms with E-state index in [0.29, 0.717) is 0 Å². The Bertz CT molecular complexity index is 756. The maximum Gasteiger partial charge on any atom is 0.303 e. The Balaban J connectivity index is 2.33. The summed E-state index contributed by atoms with van der Waals surface area (Å²) in [4.78, 5) is 23.3. The standard InChI is InChI=1S/C19H22Cl3NO7/c1-10-14(28-11(2)24)15(29-12(3)25)16(26-9-13-7-5-4-6-8-13)17(27-10)30-18(23)19(20,21)22/h4-8,10,14-17,23H,9H2,1-3H3/t10-,14+,15+,16-,17+/m1/s1. The monoisotopic (exact) mass is 481 g/mol. The lowest BCUT2D eigenvalue weighted by molar-refractivity contribution is -0.291. The van der Waals surface area contributed by atoms with Gasteiger partial charge in [0.05, 0.1) is 12.7 Å². The Morgan fingerprint density at radius 3 is 2.10 bits per heavy atom. The first-order valence-electron chi connectivity index (χ1n) is 8.97. The Hall–Kier alpha value is -1.58. The minimum Gasteiger partial charge on any atom is -0.456 e. The number of nitrogens with one attached hydrogen (secondary N) is 1. The highest BCUT2D eigenvalue weighted by atomic mass is 35.6. The van der Waals surface area contributed by atoms with Gasteiger partial charge < -0.3 is 23.7 Å². The van der Waals surface area contributed by atoms with E-state index in [1.165, 1.54) is 13.8 Å². The summed E-state index contributed by atoms with van der Waals surface area (Å²) in [7, 11) is 0. The van der Waals surface area contributed by atoms with Crippen LogP contribution in [0.25, 0.3) is 0 Å². The topological polar surface area (TPSA) is 104 Å². The third-order valence-electron chi connectivity index (χ3n) is 4.11. The van der Waals surface area contributed by atoms with Gasteiger partial charge in [-0.3, -0.25) is 15.0 Å². The number of benzene rings is 1. The average molecular weight is 483 g/mol. The molecule has 0 aromatic heterocycles. The van der Waals surface area contributed by atoms with Gasteiger partial charge in [-0.2, -0.15) is 0 Å². The maximum absolute atomic E-state index is 11.8. The minimum atomic E-state index is -2.14. The molecule has 5 atom stereocenters. The summed E-state index contributed by atoms with van der Waals surface area (Å²) < 4.78 is 25.6. The van der Waals surface area contributed by atoms with Crippen LogP contribution in [0, 0.1) is 5.41 Å². The van der Waals surface area contributed by atoms with Crippen LogP contribution in [0.4, 0.5) is 0 Å². The predicted octanol–water partition coefficient (Wildman–Crippen LogP) is 3.54. The fourth-order valence-corrected chi connectivity index (χ4v) is 3.01. The molecule has 1 aliphatic heterocycles. The molecule has 0 unspecified atom stereocenters. The van der Waals surface area contributed by atoms with Gasteiger partial charge in [-0.1, -0.05) is 65.1 Å². The first-order chi connectivity index (χ1) is 14.0. The molecule has 0 aliphatic carbocycles. The molecular weight excluding hydrogens is 461 g/mol. The molecule has 1 aromatic rings. The van der Waals surface area contributed by atoms with E-state index in [1.807, 2.05) is 30.3 Å². The maximum atomic E-state index is 11.8. The van der Waals surface area contributed by atoms with Crippen LogP contribution in [-0.2, 0) is 39.9 Å². The molecule has 11 heteroatoms. The Morgan fingerprint density at radius 2 is 1.57 bits per heavy atom. The van der Waals surface area contributed by atoms with Crippen molar-refractivity contribution < 1.29 is 33.3 Å². The Morgan fingerprint density at radius 1 is 1.00 bits per heavy atom. The van der Waals surface area contributed by atoms with Gasteiger partial charge >= 0.3 is 11.9 Å². The molecule has 0 saturated carbocycles. The minimum absolute atomic E-state index is 0.0920. The Labute approximate surface area is 189 Å². The van der Waals surface area contributed by atoms with Crippen LogP contribution in [0.2, 0.25) is 0 Å². The second kappa shape index (κ2) is 10.6. The van der Waals surface area contributed by atoms with Gasteiger partial charge in [0.1, 0.15) is 0 Å². The van der Waals surface area contributed by atoms with Crippen molar-refractivity contribution in [2.45, 2.75) is 61.9 Å². The molecule has 0 bridgehead atoms. The number of rotatable bonds is 6. The van der Waals surface area contributed by atoms with Gasteiger partial charge in [0, 0.05) is 13.8 Å². The summed E-state index contributed by atoms with van der Waals surface area (Å²) in [5, 5.41) is 7.85. The van der Waals surface area contributed by atoms with Gasteiger partial charge in [-0.05, 0) is 12.5 Å². The third-order valence-corrected chi connectivity index (χ3v) is 4.62. The van der Waals surface area contributed by atoms with Crippen LogP contribution < -0.4 is 0 Å². The largest absolute Gasteiger partial charge is 0.456 e. The van der Waals surface area contributed by atoms with Crippen LogP contribution >= 0.6 is 34.8 Å². The fourth-order valence-electron chi connectivity index (χ4n) is 2.87. The molecule has 1 heterocycles. The summed E-state index contributed by atoms with van der Waals surface area (Å²) >= 11 is 17.1. The number of carbonyl (C=O) groups is 2. The number of halogens is 3. The number of hydrogen-bond donors (Lipinski definition) is 1. The Kier molecular flexibility index (Phi) is 8.75. The van der Waals surface area contributed by atoms with Gasteiger partial charge in [0.2, 0.25) is 12.2 Å². The van der Waals surface area contributed by atoms with E-state index in [-0.39, 0.29) is 6.61 Å². The fraction of sp³-hybridized carbons (Fsp3) is 0.526. The van der Waals surface area contributed by atoms with Gasteiger partial charge in [-0.25, -0.2) is 0 Å². The number of esters is 2. The lowest BCUT2D eigenvalue weighted by Crippen LogP contribution is -2.61. The highest BCUT2D eigenvalue weighted by Gasteiger charge is 2.51. The summed E-state index contributed by atoms with van der Waals surface area (Å²) in [6.07, 6.45) is -5.21. The van der Waals surface area contributed by atoms with E-state index in [2.05, 4.69) is 0 Å². The number of hydrogen-bond acceptors (Lipinski definition) is 8. The van der Waals surface area contributed by atoms with E-state index in [4.69, 9.17) is 63.9 Å². The summed E-state index contributed by atoms with van der Waals surface area (Å²) in [5.74, 6) is -1.93. The van der Waals surface area contributed by atoms with Crippen molar-refractivity contribution in [3.05, 3.63) is 35.9 Å².